The molecule has 6 aliphatic rings. The average Bonchev–Trinajstić information content (AvgIpc) is 1.53. The van der Waals surface area contributed by atoms with Gasteiger partial charge in [-0.3, -0.25) is 29.9 Å². The zero-order valence-corrected chi connectivity index (χ0v) is 94.2. The van der Waals surface area contributed by atoms with Gasteiger partial charge in [0, 0.05) is 183 Å². The highest BCUT2D eigenvalue weighted by molar-refractivity contribution is 5.94. The summed E-state index contributed by atoms with van der Waals surface area (Å²) in [5.41, 5.74) is 63.2. The molecule has 0 N–H and O–H groups in total. The zero-order chi connectivity index (χ0) is 109. The van der Waals surface area contributed by atoms with Crippen molar-refractivity contribution in [3.8, 4) is 134 Å². The van der Waals surface area contributed by atoms with Gasteiger partial charge in [-0.1, -0.05) is 192 Å². The Morgan fingerprint density at radius 3 is 0.772 bits per heavy atom. The van der Waals surface area contributed by atoms with E-state index in [4.69, 9.17) is 34.0 Å². The molecule has 0 saturated heterocycles. The lowest BCUT2D eigenvalue weighted by molar-refractivity contribution is -0.666. The standard InChI is InChI=1S/C24H27N2.3C23H25N2.2C22H23N2/c1-14-8-10-18-19-11-9-17(4)25-23(19)24(5,6)22(18)21(14)20-12-15(2)16(3)13-26(20)7;1-14-7-12-19(25(6)13-14)20-15(2)8-10-17-18-11-9-16(3)24-22(18)23(4,5)21(17)20;1-14-11-12-25(6)19(13-14)20-15(2)7-9-17-18-10-8-16(3)24-22(18)23(4,5)21(17)20;1-14-10-12-17-18-13-11-15(2)24-22(18)23(4,5)21(17)20(14)19-9-7-8-16(3)25(19)6;2*1-14-9-11-16-17-12-10-15(2)23-21(17)22(3,4)20(16)19(14)18-8-6-7-13-24(18)5/h8-13H,1-7H3;3*7-13H,1-6H3;2*6-13H,1-5H3/q6*+1/i;;;;3D3;. The van der Waals surface area contributed by atoms with Gasteiger partial charge >= 0.3 is 0 Å². The second-order valence-corrected chi connectivity index (χ2v) is 46.0. The summed E-state index contributed by atoms with van der Waals surface area (Å²) in [7, 11) is 12.7. The minimum atomic E-state index is -2.22. The Labute approximate surface area is 889 Å². The molecule has 0 radical (unpaired) electrons. The Balaban J connectivity index is 0.000000114. The second kappa shape index (κ2) is 38.1. The highest BCUT2D eigenvalue weighted by Crippen LogP contribution is 2.59. The molecule has 6 aromatic carbocycles. The van der Waals surface area contributed by atoms with Gasteiger partial charge in [-0.05, 0) is 283 Å². The molecule has 12 heteroatoms. The van der Waals surface area contributed by atoms with E-state index in [1.807, 2.05) is 75.0 Å². The Morgan fingerprint density at radius 2 is 0.463 bits per heavy atom. The first kappa shape index (κ1) is 98.8. The second-order valence-electron chi connectivity index (χ2n) is 46.0. The lowest BCUT2D eigenvalue weighted by Crippen LogP contribution is -2.35. The van der Waals surface area contributed by atoms with Gasteiger partial charge in [0.15, 0.2) is 36.7 Å². The van der Waals surface area contributed by atoms with Gasteiger partial charge in [0.2, 0.25) is 34.2 Å². The van der Waals surface area contributed by atoms with Crippen molar-refractivity contribution >= 4 is 0 Å². The van der Waals surface area contributed by atoms with E-state index < -0.39 is 12.3 Å². The van der Waals surface area contributed by atoms with E-state index in [0.29, 0.717) is 5.69 Å². The fourth-order valence-electron chi connectivity index (χ4n) is 25.0. The molecule has 6 aliphatic carbocycles. The van der Waals surface area contributed by atoms with Crippen LogP contribution in [0.3, 0.4) is 0 Å². The smallest absolute Gasteiger partial charge is 0.213 e. The van der Waals surface area contributed by atoms with Crippen LogP contribution in [0.1, 0.15) is 250 Å². The maximum absolute atomic E-state index is 8.43. The molecule has 1 atom stereocenters. The first-order valence-electron chi connectivity index (χ1n) is 54.2. The lowest BCUT2D eigenvalue weighted by Gasteiger charge is -2.24. The molecule has 0 spiro atoms. The third-order valence-electron chi connectivity index (χ3n) is 32.9. The summed E-state index contributed by atoms with van der Waals surface area (Å²) in [5.74, 6) is 0. The number of hydrogen-bond donors (Lipinski definition) is 0. The van der Waals surface area contributed by atoms with Crippen LogP contribution in [0.2, 0.25) is 0 Å². The number of aryl methyl sites for hydroxylation is 22. The Bertz CT molecular complexity index is 8620. The molecule has 1 unspecified atom stereocenters. The maximum atomic E-state index is 8.43. The van der Waals surface area contributed by atoms with Crippen LogP contribution in [-0.4, -0.2) is 29.9 Å². The number of nitrogens with zero attached hydrogens (tertiary/aromatic N) is 12. The van der Waals surface area contributed by atoms with Crippen LogP contribution >= 0.6 is 0 Å². The van der Waals surface area contributed by atoms with Gasteiger partial charge in [0.1, 0.15) is 42.3 Å². The molecule has 0 bridgehead atoms. The normalized spacial score (nSPS) is 15.4. The fraction of sp³-hybridized carbons (Fsp3) is 0.299. The predicted molar refractivity (Wildman–Crippen MR) is 611 cm³/mol. The molecular weight excluding hydrogens is 1810 g/mol. The molecule has 750 valence electrons. The van der Waals surface area contributed by atoms with Crippen LogP contribution in [0.25, 0.3) is 134 Å². The van der Waals surface area contributed by atoms with Crippen molar-refractivity contribution in [2.75, 3.05) is 0 Å². The lowest BCUT2D eigenvalue weighted by atomic mass is 9.80. The number of aromatic nitrogens is 12. The Morgan fingerprint density at radius 1 is 0.201 bits per heavy atom. The third kappa shape index (κ3) is 17.4. The van der Waals surface area contributed by atoms with E-state index in [2.05, 4.69) is 450 Å². The fourth-order valence-corrected chi connectivity index (χ4v) is 25.0. The predicted octanol–water partition coefficient (Wildman–Crippen LogP) is 28.5. The van der Waals surface area contributed by atoms with Gasteiger partial charge in [-0.15, -0.1) is 0 Å². The minimum absolute atomic E-state index is 0.0963. The molecule has 12 heterocycles. The molecule has 24 rings (SSSR count). The SMILES string of the molecule is Cc1cc[n+](C)c(-c2c(C)ccc3c2C(C)(C)c2nc(C)ccc2-3)c1.Cc1ccc(-c2c(C)ccc3c2C(C)(C)c2nc(C)ccc2-3)[n+](C)c1.Cc1ccc2c(n1)C(C)(C)c1c-2ccc(C)c1-c1cc(C)c(C)c[n+]1C.Cc1ccc2c(n1)C(C)(C)c1c-2ccc(C)c1-c1cccc(C)[n+]1C.Cc1ccc2c(n1)C(C)(C)c1c-2ccc(C)c1-c1cccc[n+]1C.[2H]C([2H])([2H])C1(C)c2nc(C)ccc2-c2ccc(C)c(-c3cccc[n+]3C)c21. The summed E-state index contributed by atoms with van der Waals surface area (Å²) in [4.78, 5) is 29.3. The molecule has 0 fully saturated rings. The third-order valence-corrected chi connectivity index (χ3v) is 32.9. The Hall–Kier alpha value is -14.9. The van der Waals surface area contributed by atoms with Crippen molar-refractivity contribution in [3.63, 3.8) is 0 Å². The molecule has 12 nitrogen and oxygen atoms in total. The highest BCUT2D eigenvalue weighted by Gasteiger charge is 2.49. The van der Waals surface area contributed by atoms with Crippen molar-refractivity contribution in [1.29, 1.82) is 0 Å². The van der Waals surface area contributed by atoms with E-state index in [1.54, 1.807) is 0 Å². The van der Waals surface area contributed by atoms with Crippen LogP contribution in [0.15, 0.2) is 262 Å². The van der Waals surface area contributed by atoms with Crippen molar-refractivity contribution in [2.24, 2.45) is 42.3 Å². The van der Waals surface area contributed by atoms with Gasteiger partial charge in [-0.2, -0.15) is 4.57 Å². The van der Waals surface area contributed by atoms with Crippen LogP contribution in [0, 0.1) is 118 Å². The van der Waals surface area contributed by atoms with E-state index >= 15 is 0 Å². The van der Waals surface area contributed by atoms with Crippen LogP contribution in [-0.2, 0) is 74.8 Å². The molecule has 0 saturated carbocycles. The van der Waals surface area contributed by atoms with Gasteiger partial charge < -0.3 is 0 Å². The van der Waals surface area contributed by atoms with Crippen molar-refractivity contribution < 1.29 is 31.5 Å². The summed E-state index contributed by atoms with van der Waals surface area (Å²) < 4.78 is 38.6. The van der Waals surface area contributed by atoms with Gasteiger partial charge in [0.25, 0.3) is 0 Å². The van der Waals surface area contributed by atoms with Crippen molar-refractivity contribution in [3.05, 3.63) is 425 Å². The first-order valence-corrected chi connectivity index (χ1v) is 52.7. The van der Waals surface area contributed by atoms with Gasteiger partial charge in [-0.25, -0.2) is 22.8 Å². The van der Waals surface area contributed by atoms with Crippen molar-refractivity contribution in [1.82, 2.24) is 29.9 Å². The number of pyridine rings is 12. The average molecular weight is 1970 g/mol. The number of benzene rings is 6. The summed E-state index contributed by atoms with van der Waals surface area (Å²) in [6, 6.07) is 82.7. The summed E-state index contributed by atoms with van der Waals surface area (Å²) in [6.07, 6.45) is 10.7. The summed E-state index contributed by atoms with van der Waals surface area (Å²) in [5, 5.41) is 0. The highest BCUT2D eigenvalue weighted by atomic mass is 15.0. The van der Waals surface area contributed by atoms with E-state index in [0.717, 1.165) is 67.7 Å². The molecule has 0 aliphatic heterocycles. The molecular formula is C137H148N12+6. The first-order chi connectivity index (χ1) is 71.7. The minimum Gasteiger partial charge on any atom is -0.257 e. The van der Waals surface area contributed by atoms with E-state index in [9.17, 15) is 0 Å². The van der Waals surface area contributed by atoms with Gasteiger partial charge in [0.05, 0.1) is 67.5 Å². The largest absolute Gasteiger partial charge is 0.257 e. The quantitative estimate of drug-likeness (QED) is 0.154. The number of rotatable bonds is 6. The maximum Gasteiger partial charge on any atom is 0.213 e. The van der Waals surface area contributed by atoms with Crippen LogP contribution in [0.4, 0.5) is 0 Å². The summed E-state index contributed by atoms with van der Waals surface area (Å²) in [6.45, 7) is 58.9. The molecule has 18 aromatic rings. The number of hydrogen-bond acceptors (Lipinski definition) is 6. The molecule has 12 aromatic heterocycles. The zero-order valence-electron chi connectivity index (χ0n) is 97.2. The molecule has 149 heavy (non-hydrogen) atoms. The summed E-state index contributed by atoms with van der Waals surface area (Å²) >= 11 is 0. The topological polar surface area (TPSA) is 101 Å². The Kier molecular flexibility index (Phi) is 25.2. The monoisotopic (exact) mass is 1960 g/mol. The molecule has 0 amide bonds. The van der Waals surface area contributed by atoms with Crippen molar-refractivity contribution in [2.45, 2.75) is 233 Å². The van der Waals surface area contributed by atoms with Crippen LogP contribution in [0.5, 0.6) is 0 Å². The number of fused-ring (bicyclic) bond motifs is 18. The van der Waals surface area contributed by atoms with E-state index in [1.165, 1.54) is 224 Å². The van der Waals surface area contributed by atoms with Crippen LogP contribution < -0.4 is 27.4 Å². The van der Waals surface area contributed by atoms with E-state index in [-0.39, 0.29) is 27.1 Å².